The summed E-state index contributed by atoms with van der Waals surface area (Å²) >= 11 is 0. The van der Waals surface area contributed by atoms with Gasteiger partial charge < -0.3 is 25.2 Å². The molecule has 8 heteroatoms. The number of hydrogen-bond donors (Lipinski definition) is 3. The number of carboxylic acids is 1. The molecule has 0 unspecified atom stereocenters. The summed E-state index contributed by atoms with van der Waals surface area (Å²) in [5.41, 5.74) is 0. The Morgan fingerprint density at radius 2 is 1.74 bits per heavy atom. The summed E-state index contributed by atoms with van der Waals surface area (Å²) in [6.45, 7) is 6.60. The van der Waals surface area contributed by atoms with E-state index in [1.807, 2.05) is 13.8 Å². The fourth-order valence-electron chi connectivity index (χ4n) is 1.74. The van der Waals surface area contributed by atoms with Crippen molar-refractivity contribution in [2.75, 3.05) is 33.0 Å². The van der Waals surface area contributed by atoms with E-state index in [-0.39, 0.29) is 37.2 Å². The van der Waals surface area contributed by atoms with Gasteiger partial charge in [-0.2, -0.15) is 0 Å². The van der Waals surface area contributed by atoms with Crippen LogP contribution in [0, 0.1) is 0 Å². The normalized spacial score (nSPS) is 12.2. The van der Waals surface area contributed by atoms with Crippen molar-refractivity contribution in [1.82, 2.24) is 10.6 Å². The Balaban J connectivity index is 3.63. The molecule has 0 heterocycles. The van der Waals surface area contributed by atoms with Gasteiger partial charge in [-0.1, -0.05) is 13.8 Å². The van der Waals surface area contributed by atoms with Crippen LogP contribution in [0.25, 0.3) is 0 Å². The molecule has 0 fully saturated rings. The summed E-state index contributed by atoms with van der Waals surface area (Å²) in [6, 6.07) is -0.687. The number of rotatable bonds is 14. The monoisotopic (exact) mass is 332 g/mol. The highest BCUT2D eigenvalue weighted by molar-refractivity contribution is 5.78. The summed E-state index contributed by atoms with van der Waals surface area (Å²) in [5, 5.41) is 14.6. The average Bonchev–Trinajstić information content (AvgIpc) is 2.45. The van der Waals surface area contributed by atoms with Crippen LogP contribution >= 0.6 is 0 Å². The third-order valence-electron chi connectivity index (χ3n) is 2.74. The van der Waals surface area contributed by atoms with Crippen molar-refractivity contribution in [3.05, 3.63) is 0 Å². The maximum Gasteiger partial charge on any atom is 0.320 e. The third-order valence-corrected chi connectivity index (χ3v) is 2.74. The maximum absolute atomic E-state index is 11.6. The molecule has 0 aromatic rings. The molecule has 3 N–H and O–H groups in total. The van der Waals surface area contributed by atoms with Crippen molar-refractivity contribution >= 4 is 17.7 Å². The van der Waals surface area contributed by atoms with Crippen LogP contribution in [0.5, 0.6) is 0 Å². The smallest absolute Gasteiger partial charge is 0.320 e. The van der Waals surface area contributed by atoms with E-state index in [2.05, 4.69) is 10.6 Å². The molecule has 0 aromatic heterocycles. The molecule has 0 saturated heterocycles. The van der Waals surface area contributed by atoms with Crippen LogP contribution < -0.4 is 10.6 Å². The van der Waals surface area contributed by atoms with Crippen LogP contribution in [0.4, 0.5) is 0 Å². The number of amides is 1. The molecule has 134 valence electrons. The Bertz CT molecular complexity index is 373. The second-order valence-corrected chi connectivity index (χ2v) is 5.47. The summed E-state index contributed by atoms with van der Waals surface area (Å²) < 4.78 is 10.2. The van der Waals surface area contributed by atoms with E-state index in [9.17, 15) is 14.4 Å². The van der Waals surface area contributed by atoms with Gasteiger partial charge >= 0.3 is 5.97 Å². The summed E-state index contributed by atoms with van der Waals surface area (Å²) in [7, 11) is 0. The molecule has 0 aliphatic rings. The first-order valence-corrected chi connectivity index (χ1v) is 7.73. The molecule has 1 amide bonds. The molecule has 23 heavy (non-hydrogen) atoms. The molecule has 1 atom stereocenters. The van der Waals surface area contributed by atoms with E-state index < -0.39 is 12.0 Å². The molecular formula is C15H28N2O6. The van der Waals surface area contributed by atoms with Gasteiger partial charge in [0.15, 0.2) is 5.78 Å². The lowest BCUT2D eigenvalue weighted by atomic mass is 10.1. The van der Waals surface area contributed by atoms with Crippen LogP contribution in [0.15, 0.2) is 0 Å². The van der Waals surface area contributed by atoms with E-state index in [1.54, 1.807) is 0 Å². The predicted molar refractivity (Wildman–Crippen MR) is 84.3 cm³/mol. The highest BCUT2D eigenvalue weighted by Gasteiger charge is 2.18. The van der Waals surface area contributed by atoms with Crippen LogP contribution in [0.2, 0.25) is 0 Å². The van der Waals surface area contributed by atoms with E-state index in [1.165, 1.54) is 6.92 Å². The Hall–Kier alpha value is -1.51. The number of ketones is 1. The fraction of sp³-hybridized carbons (Fsp3) is 0.800. The summed E-state index contributed by atoms with van der Waals surface area (Å²) in [5.74, 6) is -1.21. The molecule has 0 aliphatic carbocycles. The van der Waals surface area contributed by atoms with Gasteiger partial charge in [0.05, 0.1) is 19.8 Å². The first-order valence-electron chi connectivity index (χ1n) is 7.73. The van der Waals surface area contributed by atoms with Gasteiger partial charge in [-0.15, -0.1) is 0 Å². The molecule has 0 radical (unpaired) electrons. The lowest BCUT2D eigenvalue weighted by molar-refractivity contribution is -0.140. The number of ether oxygens (including phenoxy) is 2. The van der Waals surface area contributed by atoms with Crippen molar-refractivity contribution < 1.29 is 29.0 Å². The van der Waals surface area contributed by atoms with Crippen molar-refractivity contribution in [2.45, 2.75) is 45.7 Å². The van der Waals surface area contributed by atoms with Gasteiger partial charge in [0.25, 0.3) is 0 Å². The molecule has 0 spiro atoms. The number of carbonyl (C=O) groups is 3. The number of hydrogen-bond acceptors (Lipinski definition) is 6. The lowest BCUT2D eigenvalue weighted by Crippen LogP contribution is -2.41. The van der Waals surface area contributed by atoms with Crippen LogP contribution in [-0.2, 0) is 23.9 Å². The number of aliphatic carboxylic acids is 1. The van der Waals surface area contributed by atoms with Crippen LogP contribution in [0.3, 0.4) is 0 Å². The second-order valence-electron chi connectivity index (χ2n) is 5.47. The number of Topliss-reactive ketones (excluding diaryl/α,β-unsaturated/α-hetero) is 1. The SMILES string of the molecule is CC(=O)COCCOCCNC(=O)CC[C@H](NC(C)C)C(=O)O. The van der Waals surface area contributed by atoms with E-state index in [4.69, 9.17) is 14.6 Å². The van der Waals surface area contributed by atoms with Gasteiger partial charge in [-0.05, 0) is 13.3 Å². The Morgan fingerprint density at radius 3 is 2.30 bits per heavy atom. The van der Waals surface area contributed by atoms with Gasteiger partial charge in [-0.3, -0.25) is 14.4 Å². The summed E-state index contributed by atoms with van der Waals surface area (Å²) in [6.07, 6.45) is 0.373. The first-order chi connectivity index (χ1) is 10.8. The van der Waals surface area contributed by atoms with Crippen molar-refractivity contribution in [2.24, 2.45) is 0 Å². The third kappa shape index (κ3) is 13.8. The predicted octanol–water partition coefficient (Wildman–Crippen LogP) is -0.0438. The number of carboxylic acid groups (broad SMARTS) is 1. The zero-order valence-corrected chi connectivity index (χ0v) is 14.1. The maximum atomic E-state index is 11.6. The highest BCUT2D eigenvalue weighted by Crippen LogP contribution is 1.99. The largest absolute Gasteiger partial charge is 0.480 e. The molecule has 0 aliphatic heterocycles. The highest BCUT2D eigenvalue weighted by atomic mass is 16.5. The minimum atomic E-state index is -0.958. The van der Waals surface area contributed by atoms with Gasteiger partial charge in [0.2, 0.25) is 5.91 Å². The zero-order chi connectivity index (χ0) is 17.7. The minimum Gasteiger partial charge on any atom is -0.480 e. The molecule has 0 aromatic carbocycles. The van der Waals surface area contributed by atoms with Crippen LogP contribution in [0.1, 0.15) is 33.6 Å². The van der Waals surface area contributed by atoms with Gasteiger partial charge in [0.1, 0.15) is 12.6 Å². The second kappa shape index (κ2) is 13.0. The van der Waals surface area contributed by atoms with E-state index in [0.717, 1.165) is 0 Å². The Kier molecular flexibility index (Phi) is 12.1. The van der Waals surface area contributed by atoms with E-state index >= 15 is 0 Å². The van der Waals surface area contributed by atoms with Crippen LogP contribution in [-0.4, -0.2) is 67.8 Å². The molecule has 0 saturated carbocycles. The zero-order valence-electron chi connectivity index (χ0n) is 14.1. The number of nitrogens with one attached hydrogen (secondary N) is 2. The molecule has 8 nitrogen and oxygen atoms in total. The number of carbonyl (C=O) groups excluding carboxylic acids is 2. The van der Waals surface area contributed by atoms with Gasteiger partial charge in [-0.25, -0.2) is 0 Å². The minimum absolute atomic E-state index is 0.0381. The topological polar surface area (TPSA) is 114 Å². The molecular weight excluding hydrogens is 304 g/mol. The molecule has 0 rings (SSSR count). The average molecular weight is 332 g/mol. The van der Waals surface area contributed by atoms with Crippen molar-refractivity contribution in [3.8, 4) is 0 Å². The summed E-state index contributed by atoms with van der Waals surface area (Å²) in [4.78, 5) is 33.3. The lowest BCUT2D eigenvalue weighted by Gasteiger charge is -2.16. The quantitative estimate of drug-likeness (QED) is 0.382. The van der Waals surface area contributed by atoms with Crippen molar-refractivity contribution in [3.63, 3.8) is 0 Å². The standard InChI is InChI=1S/C15H28N2O6/c1-11(2)17-13(15(20)21)4-5-14(19)16-6-7-22-8-9-23-10-12(3)18/h11,13,17H,4-10H2,1-3H3,(H,16,19)(H,20,21)/t13-/m0/s1. The van der Waals surface area contributed by atoms with Crippen molar-refractivity contribution in [1.29, 1.82) is 0 Å². The van der Waals surface area contributed by atoms with E-state index in [0.29, 0.717) is 26.4 Å². The first kappa shape index (κ1) is 21.5. The fourth-order valence-corrected chi connectivity index (χ4v) is 1.74. The molecule has 0 bridgehead atoms. The Labute approximate surface area is 136 Å². The Morgan fingerprint density at radius 1 is 1.09 bits per heavy atom. The van der Waals surface area contributed by atoms with Gasteiger partial charge in [0, 0.05) is 19.0 Å².